The molecule has 0 saturated carbocycles. The van der Waals surface area contributed by atoms with E-state index in [0.717, 1.165) is 61.7 Å². The molecule has 4 heteroatoms. The minimum absolute atomic E-state index is 0.482. The number of pyridine rings is 1. The molecule has 1 aromatic carbocycles. The van der Waals surface area contributed by atoms with E-state index in [1.54, 1.807) is 0 Å². The quantitative estimate of drug-likeness (QED) is 0.327. The predicted octanol–water partition coefficient (Wildman–Crippen LogP) is 6.41. The van der Waals surface area contributed by atoms with Gasteiger partial charge in [0, 0.05) is 29.7 Å². The van der Waals surface area contributed by atoms with Crippen LogP contribution in [-0.2, 0) is 17.6 Å². The number of nitrogens with one attached hydrogen (secondary N) is 1. The maximum absolute atomic E-state index is 12.6. The van der Waals surface area contributed by atoms with Crippen LogP contribution in [0.2, 0.25) is 0 Å². The van der Waals surface area contributed by atoms with Crippen LogP contribution in [0.25, 0.3) is 10.9 Å². The summed E-state index contributed by atoms with van der Waals surface area (Å²) in [5.74, 6) is 0.497. The second-order valence-electron chi connectivity index (χ2n) is 10.1. The van der Waals surface area contributed by atoms with E-state index in [-0.39, 0.29) is 0 Å². The number of carbonyl (C=O) groups is 1. The summed E-state index contributed by atoms with van der Waals surface area (Å²) in [6.45, 7) is 7.66. The molecule has 1 aromatic heterocycles. The zero-order valence-electron chi connectivity index (χ0n) is 20.3. The Labute approximate surface area is 194 Å². The number of unbranched alkanes of at least 4 members (excludes halogenated alkanes) is 4. The van der Waals surface area contributed by atoms with Gasteiger partial charge in [0.05, 0.1) is 31.1 Å². The average molecular weight is 437 g/mol. The zero-order valence-corrected chi connectivity index (χ0v) is 20.3. The molecule has 2 aromatic rings. The summed E-state index contributed by atoms with van der Waals surface area (Å²) in [6.07, 6.45) is 14.0. The molecule has 0 radical (unpaired) electrons. The number of para-hydroxylation sites is 1. The maximum atomic E-state index is 12.6. The molecule has 0 bridgehead atoms. The number of amides is 1. The lowest BCUT2D eigenvalue weighted by molar-refractivity contribution is -0.870. The number of aromatic nitrogens is 1. The molecular formula is C28H42N3O+. The fourth-order valence-corrected chi connectivity index (χ4v) is 5.97. The van der Waals surface area contributed by atoms with E-state index in [0.29, 0.717) is 11.9 Å². The van der Waals surface area contributed by atoms with E-state index in [1.165, 1.54) is 67.3 Å². The van der Waals surface area contributed by atoms with E-state index >= 15 is 0 Å². The Morgan fingerprint density at radius 1 is 1.00 bits per heavy atom. The van der Waals surface area contributed by atoms with Crippen molar-refractivity contribution >= 4 is 22.5 Å². The lowest BCUT2D eigenvalue weighted by atomic mass is 9.92. The number of rotatable bonds is 11. The molecule has 4 rings (SSSR count). The molecule has 1 aliphatic heterocycles. The second kappa shape index (κ2) is 10.8. The van der Waals surface area contributed by atoms with Gasteiger partial charge in [0.1, 0.15) is 0 Å². The highest BCUT2D eigenvalue weighted by Crippen LogP contribution is 2.33. The SMILES string of the molecule is CCC(C)[N+]1(CCCCCCCNc2c3c(nc4ccccc24)CCCC3)CCCC1=O. The van der Waals surface area contributed by atoms with Crippen molar-refractivity contribution in [1.29, 1.82) is 0 Å². The van der Waals surface area contributed by atoms with E-state index in [1.807, 2.05) is 0 Å². The Morgan fingerprint density at radius 2 is 1.78 bits per heavy atom. The molecule has 2 atom stereocenters. The molecule has 2 aliphatic rings. The number of likely N-dealkylation sites (tertiary alicyclic amines) is 1. The summed E-state index contributed by atoms with van der Waals surface area (Å²) in [6, 6.07) is 9.07. The smallest absolute Gasteiger partial charge is 0.314 e. The van der Waals surface area contributed by atoms with E-state index in [4.69, 9.17) is 4.98 Å². The lowest BCUT2D eigenvalue weighted by Gasteiger charge is -2.37. The monoisotopic (exact) mass is 436 g/mol. The van der Waals surface area contributed by atoms with Crippen LogP contribution in [0.5, 0.6) is 0 Å². The number of hydrogen-bond acceptors (Lipinski definition) is 3. The van der Waals surface area contributed by atoms with Gasteiger partial charge in [0.25, 0.3) is 0 Å². The Hall–Kier alpha value is -1.94. The highest BCUT2D eigenvalue weighted by Gasteiger charge is 2.44. The van der Waals surface area contributed by atoms with Crippen LogP contribution >= 0.6 is 0 Å². The summed E-state index contributed by atoms with van der Waals surface area (Å²) >= 11 is 0. The normalized spacial score (nSPS) is 21.6. The summed E-state index contributed by atoms with van der Waals surface area (Å²) in [7, 11) is 0. The number of benzene rings is 1. The third kappa shape index (κ3) is 4.85. The Balaban J connectivity index is 1.24. The average Bonchev–Trinajstić information content (AvgIpc) is 3.20. The van der Waals surface area contributed by atoms with Gasteiger partial charge in [-0.15, -0.1) is 0 Å². The second-order valence-corrected chi connectivity index (χ2v) is 10.1. The number of quaternary nitrogens is 1. The Kier molecular flexibility index (Phi) is 7.83. The van der Waals surface area contributed by atoms with E-state index in [9.17, 15) is 4.79 Å². The minimum atomic E-state index is 0.482. The molecular weight excluding hydrogens is 394 g/mol. The molecule has 1 fully saturated rings. The highest BCUT2D eigenvalue weighted by molar-refractivity contribution is 5.93. The largest absolute Gasteiger partial charge is 0.384 e. The zero-order chi connectivity index (χ0) is 22.4. The van der Waals surface area contributed by atoms with Crippen molar-refractivity contribution < 1.29 is 9.28 Å². The van der Waals surface area contributed by atoms with Gasteiger partial charge in [0.15, 0.2) is 0 Å². The number of nitrogens with zero attached hydrogens (tertiary/aromatic N) is 2. The molecule has 4 nitrogen and oxygen atoms in total. The van der Waals surface area contributed by atoms with Gasteiger partial charge in [0.2, 0.25) is 0 Å². The van der Waals surface area contributed by atoms with Gasteiger partial charge in [-0.2, -0.15) is 0 Å². The fraction of sp³-hybridized carbons (Fsp3) is 0.643. The van der Waals surface area contributed by atoms with Gasteiger partial charge in [-0.1, -0.05) is 38.0 Å². The number of hydrogen-bond donors (Lipinski definition) is 1. The van der Waals surface area contributed by atoms with Crippen molar-refractivity contribution in [2.24, 2.45) is 0 Å². The van der Waals surface area contributed by atoms with Crippen LogP contribution in [0.3, 0.4) is 0 Å². The van der Waals surface area contributed by atoms with Gasteiger partial charge < -0.3 is 5.32 Å². The molecule has 1 N–H and O–H groups in total. The van der Waals surface area contributed by atoms with Crippen molar-refractivity contribution in [1.82, 2.24) is 4.98 Å². The first-order valence-corrected chi connectivity index (χ1v) is 13.2. The fourth-order valence-electron chi connectivity index (χ4n) is 5.97. The molecule has 1 amide bonds. The van der Waals surface area contributed by atoms with Crippen LogP contribution < -0.4 is 5.32 Å². The third-order valence-electron chi connectivity index (χ3n) is 8.08. The Morgan fingerprint density at radius 3 is 2.59 bits per heavy atom. The Bertz CT molecular complexity index is 924. The topological polar surface area (TPSA) is 42.0 Å². The first-order valence-electron chi connectivity index (χ1n) is 13.2. The van der Waals surface area contributed by atoms with Crippen molar-refractivity contribution in [2.45, 2.75) is 96.9 Å². The summed E-state index contributed by atoms with van der Waals surface area (Å²) in [4.78, 5) is 17.5. The minimum Gasteiger partial charge on any atom is -0.384 e. The standard InChI is InChI=1S/C28H42N3O/c1-3-22(2)31(21-13-18-27(31)32)20-12-6-4-5-11-19-29-28-23-14-7-9-16-25(23)30-26-17-10-8-15-24(26)28/h7,9,14,16,22H,3-6,8,10-13,15,17-21H2,1-2H3,(H,29,30)/q+1. The van der Waals surface area contributed by atoms with Gasteiger partial charge >= 0.3 is 5.91 Å². The van der Waals surface area contributed by atoms with Crippen LogP contribution in [0.15, 0.2) is 24.3 Å². The molecule has 0 spiro atoms. The highest BCUT2D eigenvalue weighted by atomic mass is 16.2. The summed E-state index contributed by atoms with van der Waals surface area (Å²) in [5, 5.41) is 5.08. The molecule has 2 unspecified atom stereocenters. The number of anilines is 1. The molecule has 32 heavy (non-hydrogen) atoms. The summed E-state index contributed by atoms with van der Waals surface area (Å²) < 4.78 is 0.762. The van der Waals surface area contributed by atoms with Crippen LogP contribution in [0.4, 0.5) is 5.69 Å². The van der Waals surface area contributed by atoms with Crippen LogP contribution in [-0.4, -0.2) is 41.1 Å². The van der Waals surface area contributed by atoms with E-state index < -0.39 is 0 Å². The van der Waals surface area contributed by atoms with Gasteiger partial charge in [-0.3, -0.25) is 9.47 Å². The molecule has 2 heterocycles. The van der Waals surface area contributed by atoms with E-state index in [2.05, 4.69) is 43.4 Å². The number of carbonyl (C=O) groups excluding carboxylic acids is 1. The van der Waals surface area contributed by atoms with Gasteiger partial charge in [-0.25, -0.2) is 4.79 Å². The first-order chi connectivity index (χ1) is 15.7. The molecule has 1 saturated heterocycles. The number of aryl methyl sites for hydroxylation is 1. The predicted molar refractivity (Wildman–Crippen MR) is 134 cm³/mol. The first kappa shape index (κ1) is 23.2. The van der Waals surface area contributed by atoms with Crippen molar-refractivity contribution in [3.05, 3.63) is 35.5 Å². The van der Waals surface area contributed by atoms with Gasteiger partial charge in [-0.05, 0) is 69.9 Å². The van der Waals surface area contributed by atoms with Crippen molar-refractivity contribution in [3.63, 3.8) is 0 Å². The van der Waals surface area contributed by atoms with Crippen LogP contribution in [0.1, 0.15) is 89.3 Å². The lowest BCUT2D eigenvalue weighted by Crippen LogP contribution is -2.55. The maximum Gasteiger partial charge on any atom is 0.314 e. The summed E-state index contributed by atoms with van der Waals surface area (Å²) in [5.41, 5.74) is 5.25. The number of fused-ring (bicyclic) bond motifs is 2. The van der Waals surface area contributed by atoms with Crippen molar-refractivity contribution in [3.8, 4) is 0 Å². The van der Waals surface area contributed by atoms with Crippen LogP contribution in [0, 0.1) is 0 Å². The van der Waals surface area contributed by atoms with Crippen molar-refractivity contribution in [2.75, 3.05) is 25.0 Å². The molecule has 1 aliphatic carbocycles. The molecule has 174 valence electrons. The third-order valence-corrected chi connectivity index (χ3v) is 8.08.